The molecule has 0 aliphatic heterocycles. The lowest BCUT2D eigenvalue weighted by molar-refractivity contribution is 0.0239. The van der Waals surface area contributed by atoms with E-state index in [2.05, 4.69) is 63.3 Å². The molecule has 3 unspecified atom stereocenters. The van der Waals surface area contributed by atoms with Gasteiger partial charge in [-0.25, -0.2) is 0 Å². The van der Waals surface area contributed by atoms with Gasteiger partial charge >= 0.3 is 11.4 Å². The van der Waals surface area contributed by atoms with Crippen LogP contribution in [0.4, 0.5) is 0 Å². The molecule has 0 heterocycles. The number of rotatable bonds is 6. The summed E-state index contributed by atoms with van der Waals surface area (Å²) in [5, 5.41) is 0. The normalized spacial score (nSPS) is 20.4. The Bertz CT molecular complexity index is 668. The van der Waals surface area contributed by atoms with Crippen molar-refractivity contribution in [1.29, 1.82) is 0 Å². The first-order valence-electron chi connectivity index (χ1n) is 8.74. The average molecular weight is 427 g/mol. The number of thiocarbonyl (C=S) groups is 2. The van der Waals surface area contributed by atoms with E-state index in [9.17, 15) is 4.21 Å². The summed E-state index contributed by atoms with van der Waals surface area (Å²) in [5.41, 5.74) is 1.37. The Morgan fingerprint density at radius 1 is 1.15 bits per heavy atom. The Hall–Kier alpha value is -1.13. The van der Waals surface area contributed by atoms with Gasteiger partial charge < -0.3 is 4.74 Å². The smallest absolute Gasteiger partial charge is 0.305 e. The molecule has 0 aromatic heterocycles. The molecule has 27 heavy (non-hydrogen) atoms. The highest BCUT2D eigenvalue weighted by Crippen LogP contribution is 2.29. The van der Waals surface area contributed by atoms with Crippen molar-refractivity contribution >= 4 is 40.1 Å². The minimum absolute atomic E-state index is 0.0287. The van der Waals surface area contributed by atoms with Gasteiger partial charge in [0.25, 0.3) is 0 Å². The van der Waals surface area contributed by atoms with Crippen LogP contribution in [0.2, 0.25) is 0 Å². The van der Waals surface area contributed by atoms with E-state index in [-0.39, 0.29) is 24.2 Å². The fourth-order valence-electron chi connectivity index (χ4n) is 2.73. The second-order valence-corrected chi connectivity index (χ2v) is 8.61. The van der Waals surface area contributed by atoms with Crippen LogP contribution in [0, 0.1) is 12.3 Å². The standard InChI is InChI=1S/C19H26O4S.CS2/c1-5-14-21-24(20)23-18-9-7-6-8-17(18)22-16-12-10-15(11-13-16)19(2,3)4;2-1-3/h1,10-13,17-18H,6-9,14H2,2-4H3;. The van der Waals surface area contributed by atoms with E-state index in [0.717, 1.165) is 31.4 Å². The number of hydrogen-bond acceptors (Lipinski definition) is 6. The molecule has 1 saturated carbocycles. The highest BCUT2D eigenvalue weighted by atomic mass is 32.2. The van der Waals surface area contributed by atoms with Crippen molar-refractivity contribution < 1.29 is 17.3 Å². The molecule has 1 aliphatic carbocycles. The van der Waals surface area contributed by atoms with Gasteiger partial charge in [0.2, 0.25) is 0 Å². The molecule has 1 aliphatic rings. The van der Waals surface area contributed by atoms with Crippen molar-refractivity contribution in [3.63, 3.8) is 0 Å². The minimum atomic E-state index is -1.83. The summed E-state index contributed by atoms with van der Waals surface area (Å²) in [6.07, 6.45) is 8.49. The van der Waals surface area contributed by atoms with Crippen LogP contribution in [0.25, 0.3) is 0 Å². The molecule has 7 heteroatoms. The summed E-state index contributed by atoms with van der Waals surface area (Å²) in [6, 6.07) is 8.14. The molecular weight excluding hydrogens is 400 g/mol. The van der Waals surface area contributed by atoms with Crippen LogP contribution in [0.5, 0.6) is 5.75 Å². The summed E-state index contributed by atoms with van der Waals surface area (Å²) < 4.78 is 30.1. The predicted molar refractivity (Wildman–Crippen MR) is 116 cm³/mol. The molecule has 1 aromatic rings. The lowest BCUT2D eigenvalue weighted by atomic mass is 9.87. The van der Waals surface area contributed by atoms with E-state index in [1.807, 2.05) is 16.4 Å². The highest BCUT2D eigenvalue weighted by Gasteiger charge is 2.30. The third kappa shape index (κ3) is 9.07. The first-order chi connectivity index (χ1) is 12.8. The molecule has 3 atom stereocenters. The first kappa shape index (κ1) is 23.9. The van der Waals surface area contributed by atoms with Crippen molar-refractivity contribution in [2.75, 3.05) is 6.61 Å². The van der Waals surface area contributed by atoms with E-state index in [4.69, 9.17) is 19.5 Å². The molecule has 2 rings (SSSR count). The van der Waals surface area contributed by atoms with Gasteiger partial charge in [-0.2, -0.15) is 4.21 Å². The topological polar surface area (TPSA) is 44.8 Å². The van der Waals surface area contributed by atoms with Crippen LogP contribution in [0.3, 0.4) is 0 Å². The Morgan fingerprint density at radius 2 is 1.70 bits per heavy atom. The van der Waals surface area contributed by atoms with E-state index in [1.165, 1.54) is 5.56 Å². The third-order valence-electron chi connectivity index (χ3n) is 4.09. The Labute approximate surface area is 175 Å². The molecule has 0 bridgehead atoms. The molecule has 1 fully saturated rings. The number of benzene rings is 1. The van der Waals surface area contributed by atoms with E-state index < -0.39 is 11.4 Å². The van der Waals surface area contributed by atoms with Gasteiger partial charge in [-0.1, -0.05) is 45.2 Å². The average Bonchev–Trinajstić information content (AvgIpc) is 2.62. The number of hydrogen-bond donors (Lipinski definition) is 0. The van der Waals surface area contributed by atoms with Gasteiger partial charge in [-0.15, -0.1) is 6.42 Å². The zero-order valence-corrected chi connectivity index (χ0v) is 18.4. The molecular formula is C20H26O4S3. The second kappa shape index (κ2) is 12.4. The van der Waals surface area contributed by atoms with Crippen LogP contribution in [0.15, 0.2) is 24.3 Å². The van der Waals surface area contributed by atoms with E-state index in [1.54, 1.807) is 0 Å². The zero-order chi connectivity index (χ0) is 20.3. The van der Waals surface area contributed by atoms with E-state index >= 15 is 0 Å². The molecule has 0 spiro atoms. The fraction of sp³-hybridized carbons (Fsp3) is 0.550. The summed E-state index contributed by atoms with van der Waals surface area (Å²) in [7, 11) is 0. The fourth-order valence-corrected chi connectivity index (χ4v) is 3.37. The van der Waals surface area contributed by atoms with Crippen LogP contribution in [-0.4, -0.2) is 27.3 Å². The minimum Gasteiger partial charge on any atom is -0.488 e. The van der Waals surface area contributed by atoms with Crippen molar-refractivity contribution in [2.45, 2.75) is 64.1 Å². The second-order valence-electron chi connectivity index (χ2n) is 7.10. The van der Waals surface area contributed by atoms with Crippen molar-refractivity contribution in [3.8, 4) is 18.1 Å². The van der Waals surface area contributed by atoms with Gasteiger partial charge in [0.15, 0.2) is 0 Å². The van der Waals surface area contributed by atoms with Gasteiger partial charge in [-0.05, 0) is 66.8 Å². The molecule has 148 valence electrons. The van der Waals surface area contributed by atoms with Crippen LogP contribution >= 0.6 is 24.4 Å². The van der Waals surface area contributed by atoms with Crippen molar-refractivity contribution in [2.24, 2.45) is 0 Å². The number of ether oxygens (including phenoxy) is 1. The lowest BCUT2D eigenvalue weighted by Crippen LogP contribution is -2.37. The van der Waals surface area contributed by atoms with Crippen molar-refractivity contribution in [1.82, 2.24) is 0 Å². The summed E-state index contributed by atoms with van der Waals surface area (Å²) in [5.74, 6) is 3.08. The third-order valence-corrected chi connectivity index (χ3v) is 4.81. The van der Waals surface area contributed by atoms with Gasteiger partial charge in [0.1, 0.15) is 24.6 Å². The Morgan fingerprint density at radius 3 is 2.22 bits per heavy atom. The van der Waals surface area contributed by atoms with Crippen molar-refractivity contribution in [3.05, 3.63) is 29.8 Å². The van der Waals surface area contributed by atoms with Crippen LogP contribution < -0.4 is 4.74 Å². The SMILES string of the molecule is C#CCOS(=O)OC1CCCCC1Oc1ccc(C(C)(C)C)cc1.S=C=S. The first-order valence-corrected chi connectivity index (χ1v) is 10.6. The molecule has 0 radical (unpaired) electrons. The maximum absolute atomic E-state index is 11.7. The summed E-state index contributed by atoms with van der Waals surface area (Å²) in [4.78, 5) is 0. The number of terminal acetylenes is 1. The molecule has 1 aromatic carbocycles. The van der Waals surface area contributed by atoms with E-state index in [0.29, 0.717) is 0 Å². The zero-order valence-electron chi connectivity index (χ0n) is 15.9. The Balaban J connectivity index is 0.00000114. The highest BCUT2D eigenvalue weighted by molar-refractivity contribution is 7.93. The largest absolute Gasteiger partial charge is 0.488 e. The monoisotopic (exact) mass is 426 g/mol. The maximum atomic E-state index is 11.7. The molecule has 0 N–H and O–H groups in total. The Kier molecular flexibility index (Phi) is 10.9. The quantitative estimate of drug-likeness (QED) is 0.474. The summed E-state index contributed by atoms with van der Waals surface area (Å²) in [6.45, 7) is 6.51. The maximum Gasteiger partial charge on any atom is 0.305 e. The van der Waals surface area contributed by atoms with Gasteiger partial charge in [0.05, 0.1) is 0 Å². The van der Waals surface area contributed by atoms with Gasteiger partial charge in [0, 0.05) is 4.31 Å². The lowest BCUT2D eigenvalue weighted by Gasteiger charge is -2.30. The van der Waals surface area contributed by atoms with Gasteiger partial charge in [-0.3, -0.25) is 8.37 Å². The van der Waals surface area contributed by atoms with Crippen LogP contribution in [0.1, 0.15) is 52.0 Å². The predicted octanol–water partition coefficient (Wildman–Crippen LogP) is 4.94. The molecule has 0 saturated heterocycles. The summed E-state index contributed by atoms with van der Waals surface area (Å²) >= 11 is 6.08. The van der Waals surface area contributed by atoms with Crippen LogP contribution in [-0.2, 0) is 25.1 Å². The molecule has 0 amide bonds. The molecule has 4 nitrogen and oxygen atoms in total.